The normalized spacial score (nSPS) is 18.1. The van der Waals surface area contributed by atoms with Gasteiger partial charge in [-0.2, -0.15) is 31.4 Å². The zero-order valence-electron chi connectivity index (χ0n) is 24.2. The molecule has 2 aromatic heterocycles. The van der Waals surface area contributed by atoms with Gasteiger partial charge in [-0.05, 0) is 57.4 Å². The minimum atomic E-state index is -5.00. The Labute approximate surface area is 244 Å². The van der Waals surface area contributed by atoms with Crippen molar-refractivity contribution in [2.75, 3.05) is 11.4 Å². The van der Waals surface area contributed by atoms with Gasteiger partial charge in [0.15, 0.2) is 0 Å². The average Bonchev–Trinajstić information content (AvgIpc) is 3.51. The fourth-order valence-electron chi connectivity index (χ4n) is 4.79. The first kappa shape index (κ1) is 32.0. The van der Waals surface area contributed by atoms with E-state index in [1.54, 1.807) is 44.9 Å². The summed E-state index contributed by atoms with van der Waals surface area (Å²) in [5.41, 5.74) is -2.55. The fraction of sp³-hybridized carbons (Fsp3) is 0.500. The van der Waals surface area contributed by atoms with E-state index >= 15 is 0 Å². The average molecular weight is 615 g/mol. The smallest absolute Gasteiger partial charge is 0.427 e. The minimum Gasteiger partial charge on any atom is -0.427 e. The van der Waals surface area contributed by atoms with Crippen molar-refractivity contribution in [1.29, 1.82) is 0 Å². The molecule has 0 unspecified atom stereocenters. The van der Waals surface area contributed by atoms with Crippen LogP contribution >= 0.6 is 0 Å². The van der Waals surface area contributed by atoms with E-state index in [9.17, 15) is 31.1 Å². The number of carbonyl (C=O) groups is 1. The highest BCUT2D eigenvalue weighted by atomic mass is 19.4. The van der Waals surface area contributed by atoms with Crippen LogP contribution in [0.5, 0.6) is 0 Å². The lowest BCUT2D eigenvalue weighted by Crippen LogP contribution is -2.39. The number of hydrogen-bond donors (Lipinski definition) is 0. The number of hydrogen-bond acceptors (Lipinski definition) is 8. The first-order chi connectivity index (χ1) is 19.9. The molecule has 3 aromatic rings. The number of ether oxygens (including phenoxy) is 1. The third-order valence-corrected chi connectivity index (χ3v) is 6.77. The Hall–Kier alpha value is -3.88. The van der Waals surface area contributed by atoms with Crippen molar-refractivity contribution in [3.8, 4) is 11.1 Å². The molecular formula is C28H32F6N6O3. The van der Waals surface area contributed by atoms with E-state index in [1.165, 1.54) is 22.4 Å². The van der Waals surface area contributed by atoms with Crippen LogP contribution in [0.2, 0.25) is 0 Å². The predicted molar refractivity (Wildman–Crippen MR) is 143 cm³/mol. The van der Waals surface area contributed by atoms with E-state index in [2.05, 4.69) is 15.1 Å². The number of aromatic nitrogens is 4. The summed E-state index contributed by atoms with van der Waals surface area (Å²) >= 11 is 0. The van der Waals surface area contributed by atoms with Crippen LogP contribution in [0, 0.1) is 0 Å². The topological polar surface area (TPSA) is 85.6 Å². The van der Waals surface area contributed by atoms with Crippen LogP contribution in [0.1, 0.15) is 57.2 Å². The SMILES string of the molecule is CC[C@@H]1C[C@H](N(Cc2cc(C(F)(F)F)cc(C(F)(F)F)c2)c2ncc(-c3cnn(C)c3)cn2)CN1OC(=O)OC(C)(C)C. The zero-order chi connectivity index (χ0) is 31.7. The Morgan fingerprint density at radius 1 is 0.977 bits per heavy atom. The quantitative estimate of drug-likeness (QED) is 0.216. The Kier molecular flexibility index (Phi) is 8.95. The molecule has 3 heterocycles. The lowest BCUT2D eigenvalue weighted by molar-refractivity contribution is -0.151. The number of nitrogens with zero attached hydrogens (tertiary/aromatic N) is 6. The largest absolute Gasteiger partial charge is 0.528 e. The Balaban J connectivity index is 1.70. The van der Waals surface area contributed by atoms with Crippen LogP contribution in [0.25, 0.3) is 11.1 Å². The van der Waals surface area contributed by atoms with Gasteiger partial charge in [0.05, 0.1) is 23.9 Å². The Morgan fingerprint density at radius 3 is 2.07 bits per heavy atom. The molecule has 1 aliphatic heterocycles. The van der Waals surface area contributed by atoms with Crippen molar-refractivity contribution >= 4 is 12.1 Å². The zero-order valence-corrected chi connectivity index (χ0v) is 24.2. The van der Waals surface area contributed by atoms with Crippen LogP contribution < -0.4 is 4.90 Å². The molecule has 0 amide bonds. The first-order valence-electron chi connectivity index (χ1n) is 13.5. The maximum Gasteiger partial charge on any atom is 0.528 e. The number of alkyl halides is 6. The van der Waals surface area contributed by atoms with E-state index in [0.717, 1.165) is 5.56 Å². The molecule has 0 saturated carbocycles. The summed E-state index contributed by atoms with van der Waals surface area (Å²) in [4.78, 5) is 28.2. The van der Waals surface area contributed by atoms with E-state index < -0.39 is 41.3 Å². The Morgan fingerprint density at radius 2 is 1.58 bits per heavy atom. The first-order valence-corrected chi connectivity index (χ1v) is 13.5. The van der Waals surface area contributed by atoms with Gasteiger partial charge in [-0.15, -0.1) is 5.06 Å². The third-order valence-electron chi connectivity index (χ3n) is 6.77. The molecular weight excluding hydrogens is 582 g/mol. The monoisotopic (exact) mass is 614 g/mol. The highest BCUT2D eigenvalue weighted by molar-refractivity contribution is 5.61. The van der Waals surface area contributed by atoms with E-state index in [4.69, 9.17) is 9.57 Å². The number of anilines is 1. The van der Waals surface area contributed by atoms with Gasteiger partial charge in [-0.25, -0.2) is 14.8 Å². The molecule has 0 bridgehead atoms. The van der Waals surface area contributed by atoms with Gasteiger partial charge in [-0.1, -0.05) is 6.92 Å². The third kappa shape index (κ3) is 8.15. The molecule has 2 atom stereocenters. The van der Waals surface area contributed by atoms with Gasteiger partial charge in [0.2, 0.25) is 5.95 Å². The molecule has 0 radical (unpaired) electrons. The second-order valence-corrected chi connectivity index (χ2v) is 11.3. The van der Waals surface area contributed by atoms with Gasteiger partial charge in [0.25, 0.3) is 0 Å². The lowest BCUT2D eigenvalue weighted by Gasteiger charge is -2.29. The second kappa shape index (κ2) is 12.0. The predicted octanol–water partition coefficient (Wildman–Crippen LogP) is 6.64. The number of halogens is 6. The highest BCUT2D eigenvalue weighted by Crippen LogP contribution is 2.37. The van der Waals surface area contributed by atoms with Gasteiger partial charge >= 0.3 is 18.5 Å². The molecule has 1 aliphatic rings. The van der Waals surface area contributed by atoms with Gasteiger partial charge in [-0.3, -0.25) is 4.68 Å². The summed E-state index contributed by atoms with van der Waals surface area (Å²) in [7, 11) is 1.74. The van der Waals surface area contributed by atoms with Crippen molar-refractivity contribution in [3.05, 3.63) is 59.7 Å². The van der Waals surface area contributed by atoms with Crippen molar-refractivity contribution in [2.24, 2.45) is 7.05 Å². The van der Waals surface area contributed by atoms with Gasteiger partial charge in [0, 0.05) is 55.4 Å². The summed E-state index contributed by atoms with van der Waals surface area (Å²) in [6, 6.07) is 0.620. The van der Waals surface area contributed by atoms with Crippen LogP contribution in [0.15, 0.2) is 43.0 Å². The molecule has 1 fully saturated rings. The lowest BCUT2D eigenvalue weighted by atomic mass is 10.0. The molecule has 0 aliphatic carbocycles. The van der Waals surface area contributed by atoms with Gasteiger partial charge in [0.1, 0.15) is 5.60 Å². The molecule has 1 saturated heterocycles. The molecule has 1 aromatic carbocycles. The standard InChI is InChI=1S/C28H32F6N6O3/c1-6-22-10-23(16-40(22)43-25(41)42-26(2,3)4)39(24-35-11-18(12-36-24)19-13-37-38(5)15-19)14-17-7-20(27(29,30)31)9-21(8-17)28(32,33)34/h7-9,11-13,15,22-23H,6,10,14,16H2,1-5H3/t22-,23+/m1/s1. The summed E-state index contributed by atoms with van der Waals surface area (Å²) in [5, 5.41) is 5.53. The van der Waals surface area contributed by atoms with E-state index in [1.807, 2.05) is 6.92 Å². The van der Waals surface area contributed by atoms with Crippen molar-refractivity contribution < 1.29 is 40.7 Å². The van der Waals surface area contributed by atoms with Crippen molar-refractivity contribution in [3.63, 3.8) is 0 Å². The number of benzene rings is 1. The fourth-order valence-corrected chi connectivity index (χ4v) is 4.79. The molecule has 4 rings (SSSR count). The molecule has 43 heavy (non-hydrogen) atoms. The molecule has 15 heteroatoms. The summed E-state index contributed by atoms with van der Waals surface area (Å²) in [5.74, 6) is 0.0811. The van der Waals surface area contributed by atoms with Crippen LogP contribution in [0.4, 0.5) is 37.1 Å². The van der Waals surface area contributed by atoms with Crippen LogP contribution in [-0.4, -0.2) is 55.2 Å². The number of rotatable bonds is 7. The molecule has 9 nitrogen and oxygen atoms in total. The second-order valence-electron chi connectivity index (χ2n) is 11.3. The summed E-state index contributed by atoms with van der Waals surface area (Å²) < 4.78 is 88.5. The van der Waals surface area contributed by atoms with Crippen molar-refractivity contribution in [2.45, 2.75) is 77.1 Å². The maximum atomic E-state index is 13.6. The number of aryl methyl sites for hydroxylation is 1. The summed E-state index contributed by atoms with van der Waals surface area (Å²) in [6.45, 7) is 6.60. The van der Waals surface area contributed by atoms with E-state index in [-0.39, 0.29) is 36.7 Å². The van der Waals surface area contributed by atoms with E-state index in [0.29, 0.717) is 30.5 Å². The van der Waals surface area contributed by atoms with Crippen molar-refractivity contribution in [1.82, 2.24) is 24.8 Å². The minimum absolute atomic E-state index is 0.0799. The molecule has 234 valence electrons. The maximum absolute atomic E-state index is 13.6. The number of carbonyl (C=O) groups excluding carboxylic acids is 1. The molecule has 0 N–H and O–H groups in total. The van der Waals surface area contributed by atoms with Crippen LogP contribution in [0.3, 0.4) is 0 Å². The van der Waals surface area contributed by atoms with Gasteiger partial charge < -0.3 is 14.5 Å². The van der Waals surface area contributed by atoms with Crippen LogP contribution in [-0.2, 0) is 35.5 Å². The highest BCUT2D eigenvalue weighted by Gasteiger charge is 2.40. The Bertz CT molecular complexity index is 1390. The number of hydroxylamine groups is 2. The summed E-state index contributed by atoms with van der Waals surface area (Å²) in [6.07, 6.45) is -3.68. The molecule has 0 spiro atoms.